The molecular formula is C11H9ClF4O3S. The molecule has 0 radical (unpaired) electrons. The van der Waals surface area contributed by atoms with E-state index in [0.29, 0.717) is 6.26 Å². The van der Waals surface area contributed by atoms with Crippen LogP contribution in [-0.4, -0.2) is 31.0 Å². The van der Waals surface area contributed by atoms with E-state index in [1.807, 2.05) is 0 Å². The average Bonchev–Trinajstić information content (AvgIpc) is 2.47. The van der Waals surface area contributed by atoms with Gasteiger partial charge in [-0.15, -0.1) is 0 Å². The first-order chi connectivity index (χ1) is 8.84. The number of hydrogen-bond acceptors (Lipinski definition) is 3. The molecule has 9 heteroatoms. The van der Waals surface area contributed by atoms with Crippen LogP contribution in [0.5, 0.6) is 0 Å². The van der Waals surface area contributed by atoms with Crippen LogP contribution in [0.3, 0.4) is 0 Å². The van der Waals surface area contributed by atoms with E-state index in [9.17, 15) is 31.1 Å². The molecule has 1 aliphatic rings. The van der Waals surface area contributed by atoms with E-state index in [1.165, 1.54) is 0 Å². The van der Waals surface area contributed by atoms with Crippen LogP contribution in [-0.2, 0) is 21.9 Å². The fraction of sp³-hybridized carbons (Fsp3) is 0.455. The number of benzene rings is 1. The van der Waals surface area contributed by atoms with Crippen LogP contribution in [0.15, 0.2) is 18.2 Å². The maximum absolute atomic E-state index is 14.7. The molecule has 20 heavy (non-hydrogen) atoms. The number of sulfone groups is 1. The Morgan fingerprint density at radius 3 is 2.35 bits per heavy atom. The molecule has 1 aromatic carbocycles. The second-order valence-electron chi connectivity index (χ2n) is 4.69. The van der Waals surface area contributed by atoms with Crippen LogP contribution in [0.25, 0.3) is 0 Å². The lowest BCUT2D eigenvalue weighted by atomic mass is 9.94. The first kappa shape index (κ1) is 15.5. The summed E-state index contributed by atoms with van der Waals surface area (Å²) in [6.07, 6.45) is -6.29. The zero-order valence-corrected chi connectivity index (χ0v) is 11.6. The predicted molar refractivity (Wildman–Crippen MR) is 63.8 cm³/mol. The Bertz CT molecular complexity index is 673. The second kappa shape index (κ2) is 4.08. The van der Waals surface area contributed by atoms with E-state index in [0.717, 1.165) is 18.2 Å². The molecule has 0 saturated heterocycles. The number of aliphatic hydroxyl groups is 1. The van der Waals surface area contributed by atoms with Gasteiger partial charge in [-0.25, -0.2) is 12.8 Å². The maximum atomic E-state index is 14.7. The minimum atomic E-state index is -5.50. The van der Waals surface area contributed by atoms with E-state index in [-0.39, 0.29) is 10.6 Å². The molecule has 0 amide bonds. The summed E-state index contributed by atoms with van der Waals surface area (Å²) >= 11 is 5.60. The minimum absolute atomic E-state index is 0.0195. The number of halogens is 5. The van der Waals surface area contributed by atoms with Gasteiger partial charge >= 0.3 is 6.18 Å². The fourth-order valence-corrected chi connectivity index (χ4v) is 3.77. The maximum Gasteiger partial charge on any atom is 0.425 e. The topological polar surface area (TPSA) is 54.4 Å². The lowest BCUT2D eigenvalue weighted by Crippen LogP contribution is -2.59. The van der Waals surface area contributed by atoms with Crippen molar-refractivity contribution in [3.05, 3.63) is 34.3 Å². The molecule has 0 aromatic heterocycles. The largest absolute Gasteiger partial charge is 0.425 e. The summed E-state index contributed by atoms with van der Waals surface area (Å²) in [6, 6.07) is 2.84. The highest BCUT2D eigenvalue weighted by Crippen LogP contribution is 2.57. The van der Waals surface area contributed by atoms with E-state index in [4.69, 9.17) is 11.6 Å². The molecule has 112 valence electrons. The third-order valence-electron chi connectivity index (χ3n) is 3.41. The highest BCUT2D eigenvalue weighted by atomic mass is 35.5. The summed E-state index contributed by atoms with van der Waals surface area (Å²) in [5, 5.41) is 6.04. The Labute approximate surface area is 117 Å². The quantitative estimate of drug-likeness (QED) is 0.803. The molecule has 0 saturated carbocycles. The number of rotatable bonds is 1. The van der Waals surface area contributed by atoms with Gasteiger partial charge in [-0.3, -0.25) is 0 Å². The molecule has 1 aromatic rings. The van der Waals surface area contributed by atoms with Crippen molar-refractivity contribution in [2.24, 2.45) is 0 Å². The number of alkyl halides is 4. The third-order valence-corrected chi connectivity index (χ3v) is 5.26. The van der Waals surface area contributed by atoms with E-state index in [2.05, 4.69) is 0 Å². The molecule has 2 rings (SSSR count). The van der Waals surface area contributed by atoms with Crippen molar-refractivity contribution in [3.8, 4) is 0 Å². The first-order valence-electron chi connectivity index (χ1n) is 5.31. The Balaban J connectivity index is 2.84. The predicted octanol–water partition coefficient (Wildman–Crippen LogP) is 2.36. The highest BCUT2D eigenvalue weighted by molar-refractivity contribution is 7.92. The number of fused-ring (bicyclic) bond motifs is 1. The smallest absolute Gasteiger partial charge is 0.373 e. The van der Waals surface area contributed by atoms with Gasteiger partial charge in [-0.2, -0.15) is 13.2 Å². The van der Waals surface area contributed by atoms with Crippen LogP contribution < -0.4 is 0 Å². The van der Waals surface area contributed by atoms with Crippen LogP contribution in [0.1, 0.15) is 11.1 Å². The van der Waals surface area contributed by atoms with E-state index in [1.54, 1.807) is 0 Å². The van der Waals surface area contributed by atoms with E-state index >= 15 is 0 Å². The number of hydrogen-bond donors (Lipinski definition) is 1. The summed E-state index contributed by atoms with van der Waals surface area (Å²) in [6.45, 7) is 0. The lowest BCUT2D eigenvalue weighted by molar-refractivity contribution is -0.291. The lowest BCUT2D eigenvalue weighted by Gasteiger charge is -2.36. The summed E-state index contributed by atoms with van der Waals surface area (Å²) in [4.78, 5) is 0. The zero-order chi connectivity index (χ0) is 15.6. The Morgan fingerprint density at radius 2 is 1.90 bits per heavy atom. The molecular weight excluding hydrogens is 324 g/mol. The molecule has 0 fully saturated rings. The SMILES string of the molecule is CS(=O)(=O)C1(F)Cc2cc(Cl)ccc2C1(O)C(F)(F)F. The van der Waals surface area contributed by atoms with Gasteiger partial charge in [0.05, 0.1) is 0 Å². The summed E-state index contributed by atoms with van der Waals surface area (Å²) < 4.78 is 77.2. The van der Waals surface area contributed by atoms with E-state index < -0.39 is 38.6 Å². The molecule has 1 aliphatic carbocycles. The monoisotopic (exact) mass is 332 g/mol. The van der Waals surface area contributed by atoms with Gasteiger partial charge in [0.2, 0.25) is 5.60 Å². The third kappa shape index (κ3) is 1.78. The van der Waals surface area contributed by atoms with Crippen molar-refractivity contribution >= 4 is 21.4 Å². The molecule has 0 aliphatic heterocycles. The average molecular weight is 333 g/mol. The van der Waals surface area contributed by atoms with Crippen molar-refractivity contribution in [1.29, 1.82) is 0 Å². The van der Waals surface area contributed by atoms with Gasteiger partial charge in [0.15, 0.2) is 9.84 Å². The van der Waals surface area contributed by atoms with Crippen molar-refractivity contribution in [3.63, 3.8) is 0 Å². The molecule has 2 atom stereocenters. The fourth-order valence-electron chi connectivity index (χ4n) is 2.40. The van der Waals surface area contributed by atoms with Crippen LogP contribution in [0.4, 0.5) is 17.6 Å². The standard InChI is InChI=1S/C11H9ClF4O3S/c1-20(18,19)9(13)5-6-4-7(12)2-3-8(6)10(9,17)11(14,15)16/h2-4,17H,5H2,1H3. The first-order valence-corrected chi connectivity index (χ1v) is 7.58. The van der Waals surface area contributed by atoms with Crippen molar-refractivity contribution in [2.75, 3.05) is 6.26 Å². The Kier molecular flexibility index (Phi) is 3.17. The molecule has 3 nitrogen and oxygen atoms in total. The van der Waals surface area contributed by atoms with Crippen LogP contribution >= 0.6 is 11.6 Å². The van der Waals surface area contributed by atoms with Gasteiger partial charge < -0.3 is 5.11 Å². The van der Waals surface area contributed by atoms with Gasteiger partial charge in [0.25, 0.3) is 5.00 Å². The molecule has 0 heterocycles. The second-order valence-corrected chi connectivity index (χ2v) is 7.31. The Morgan fingerprint density at radius 1 is 1.35 bits per heavy atom. The summed E-state index contributed by atoms with van der Waals surface area (Å²) in [5.74, 6) is 0. The van der Waals surface area contributed by atoms with Gasteiger partial charge in [0.1, 0.15) is 0 Å². The Hall–Kier alpha value is -0.860. The summed E-state index contributed by atoms with van der Waals surface area (Å²) in [7, 11) is -4.85. The van der Waals surface area contributed by atoms with Crippen LogP contribution in [0.2, 0.25) is 5.02 Å². The van der Waals surface area contributed by atoms with Gasteiger partial charge in [-0.1, -0.05) is 17.7 Å². The van der Waals surface area contributed by atoms with Crippen molar-refractivity contribution in [1.82, 2.24) is 0 Å². The minimum Gasteiger partial charge on any atom is -0.373 e. The molecule has 0 bridgehead atoms. The normalized spacial score (nSPS) is 30.4. The molecule has 2 unspecified atom stereocenters. The van der Waals surface area contributed by atoms with Crippen LogP contribution in [0, 0.1) is 0 Å². The molecule has 0 spiro atoms. The van der Waals surface area contributed by atoms with Crippen molar-refractivity contribution < 1.29 is 31.1 Å². The summed E-state index contributed by atoms with van der Waals surface area (Å²) in [5.41, 5.74) is -5.24. The van der Waals surface area contributed by atoms with Gasteiger partial charge in [-0.05, 0) is 17.7 Å². The zero-order valence-electron chi connectivity index (χ0n) is 10.0. The molecule has 1 N–H and O–H groups in total. The highest BCUT2D eigenvalue weighted by Gasteiger charge is 2.76. The van der Waals surface area contributed by atoms with Gasteiger partial charge in [0, 0.05) is 23.3 Å². The van der Waals surface area contributed by atoms with Crippen molar-refractivity contribution in [2.45, 2.75) is 23.2 Å².